The third-order valence-corrected chi connectivity index (χ3v) is 5.46. The highest BCUT2D eigenvalue weighted by Crippen LogP contribution is 2.30. The van der Waals surface area contributed by atoms with Crippen LogP contribution in [0, 0.1) is 5.92 Å². The van der Waals surface area contributed by atoms with E-state index in [2.05, 4.69) is 6.92 Å². The molecule has 0 heterocycles. The zero-order chi connectivity index (χ0) is 13.1. The summed E-state index contributed by atoms with van der Waals surface area (Å²) in [4.78, 5) is 0.823. The number of methoxy groups -OCH3 is 1. The average molecular weight is 267 g/mol. The van der Waals surface area contributed by atoms with Crippen LogP contribution in [0.25, 0.3) is 0 Å². The van der Waals surface area contributed by atoms with Crippen molar-refractivity contribution in [1.29, 1.82) is 0 Å². The van der Waals surface area contributed by atoms with Gasteiger partial charge in [-0.1, -0.05) is 13.0 Å². The molecule has 18 heavy (non-hydrogen) atoms. The standard InChI is InChI=1S/C14H21NO2S/c1-10-6-7-13(15)14(8-10)18(16)12-5-3-4-11(9-12)17-2/h3-5,9-10,13-14H,6-8,15H2,1-2H3. The predicted octanol–water partition coefficient (Wildman–Crippen LogP) is 2.32. The molecule has 1 aromatic carbocycles. The van der Waals surface area contributed by atoms with Gasteiger partial charge in [-0.3, -0.25) is 4.21 Å². The van der Waals surface area contributed by atoms with E-state index in [0.717, 1.165) is 29.9 Å². The van der Waals surface area contributed by atoms with Gasteiger partial charge in [0.05, 0.1) is 23.2 Å². The number of ether oxygens (including phenoxy) is 1. The maximum absolute atomic E-state index is 12.6. The SMILES string of the molecule is COc1cccc(S(=O)C2CC(C)CCC2N)c1. The van der Waals surface area contributed by atoms with Crippen molar-refractivity contribution in [3.05, 3.63) is 24.3 Å². The minimum absolute atomic E-state index is 0.0493. The van der Waals surface area contributed by atoms with Gasteiger partial charge in [0.25, 0.3) is 0 Å². The Labute approximate surface area is 111 Å². The summed E-state index contributed by atoms with van der Waals surface area (Å²) in [5, 5.41) is 0.0702. The lowest BCUT2D eigenvalue weighted by atomic mass is 9.87. The predicted molar refractivity (Wildman–Crippen MR) is 74.2 cm³/mol. The molecule has 1 saturated carbocycles. The molecule has 0 radical (unpaired) electrons. The van der Waals surface area contributed by atoms with Crippen molar-refractivity contribution in [3.8, 4) is 5.75 Å². The van der Waals surface area contributed by atoms with Gasteiger partial charge in [-0.15, -0.1) is 0 Å². The van der Waals surface area contributed by atoms with Crippen LogP contribution in [0.5, 0.6) is 5.75 Å². The van der Waals surface area contributed by atoms with E-state index in [4.69, 9.17) is 10.5 Å². The Morgan fingerprint density at radius 3 is 2.89 bits per heavy atom. The zero-order valence-electron chi connectivity index (χ0n) is 11.0. The van der Waals surface area contributed by atoms with E-state index < -0.39 is 10.8 Å². The molecule has 100 valence electrons. The third-order valence-electron chi connectivity index (χ3n) is 3.65. The molecule has 1 aliphatic rings. The van der Waals surface area contributed by atoms with E-state index in [9.17, 15) is 4.21 Å². The van der Waals surface area contributed by atoms with Crippen LogP contribution in [0.4, 0.5) is 0 Å². The van der Waals surface area contributed by atoms with Crippen LogP contribution in [0.1, 0.15) is 26.2 Å². The second-order valence-electron chi connectivity index (χ2n) is 5.10. The Hall–Kier alpha value is -0.870. The zero-order valence-corrected chi connectivity index (χ0v) is 11.8. The van der Waals surface area contributed by atoms with Gasteiger partial charge in [-0.05, 0) is 43.4 Å². The van der Waals surface area contributed by atoms with Crippen molar-refractivity contribution in [2.45, 2.75) is 42.4 Å². The van der Waals surface area contributed by atoms with Gasteiger partial charge < -0.3 is 10.5 Å². The van der Waals surface area contributed by atoms with Crippen LogP contribution in [0.2, 0.25) is 0 Å². The van der Waals surface area contributed by atoms with E-state index >= 15 is 0 Å². The summed E-state index contributed by atoms with van der Waals surface area (Å²) in [7, 11) is 0.584. The Bertz CT molecular complexity index is 436. The van der Waals surface area contributed by atoms with Gasteiger partial charge >= 0.3 is 0 Å². The summed E-state index contributed by atoms with van der Waals surface area (Å²) in [5.74, 6) is 1.36. The first-order valence-electron chi connectivity index (χ1n) is 6.42. The van der Waals surface area contributed by atoms with Crippen molar-refractivity contribution >= 4 is 10.8 Å². The van der Waals surface area contributed by atoms with Gasteiger partial charge in [0, 0.05) is 10.9 Å². The summed E-state index contributed by atoms with van der Waals surface area (Å²) in [6, 6.07) is 7.54. The Morgan fingerprint density at radius 1 is 1.39 bits per heavy atom. The molecular weight excluding hydrogens is 246 g/mol. The molecule has 0 aliphatic heterocycles. The van der Waals surface area contributed by atoms with E-state index in [1.165, 1.54) is 0 Å². The molecule has 2 N–H and O–H groups in total. The smallest absolute Gasteiger partial charge is 0.120 e. The van der Waals surface area contributed by atoms with Crippen LogP contribution in [-0.4, -0.2) is 22.6 Å². The molecule has 4 atom stereocenters. The molecule has 0 saturated heterocycles. The monoisotopic (exact) mass is 267 g/mol. The first-order valence-corrected chi connectivity index (χ1v) is 7.63. The highest BCUT2D eigenvalue weighted by Gasteiger charge is 2.31. The Kier molecular flexibility index (Phi) is 4.40. The van der Waals surface area contributed by atoms with Gasteiger partial charge in [-0.25, -0.2) is 0 Å². The molecule has 0 bridgehead atoms. The van der Waals surface area contributed by atoms with Crippen molar-refractivity contribution in [3.63, 3.8) is 0 Å². The molecule has 3 nitrogen and oxygen atoms in total. The maximum atomic E-state index is 12.6. The first kappa shape index (κ1) is 13.6. The molecule has 0 amide bonds. The molecule has 2 rings (SSSR count). The Balaban J connectivity index is 2.18. The minimum atomic E-state index is -1.04. The number of hydrogen-bond acceptors (Lipinski definition) is 3. The maximum Gasteiger partial charge on any atom is 0.120 e. The third kappa shape index (κ3) is 2.93. The first-order chi connectivity index (χ1) is 8.61. The molecule has 1 aromatic rings. The molecule has 4 unspecified atom stereocenters. The summed E-state index contributed by atoms with van der Waals surface area (Å²) >= 11 is 0. The molecule has 4 heteroatoms. The molecular formula is C14H21NO2S. The minimum Gasteiger partial charge on any atom is -0.497 e. The lowest BCUT2D eigenvalue weighted by Gasteiger charge is -2.31. The van der Waals surface area contributed by atoms with Crippen LogP contribution in [0.15, 0.2) is 29.2 Å². The highest BCUT2D eigenvalue weighted by atomic mass is 32.2. The number of hydrogen-bond donors (Lipinski definition) is 1. The fraction of sp³-hybridized carbons (Fsp3) is 0.571. The van der Waals surface area contributed by atoms with Gasteiger partial charge in [0.15, 0.2) is 0 Å². The van der Waals surface area contributed by atoms with Crippen molar-refractivity contribution in [2.75, 3.05) is 7.11 Å². The van der Waals surface area contributed by atoms with Crippen LogP contribution >= 0.6 is 0 Å². The molecule has 1 aliphatic carbocycles. The quantitative estimate of drug-likeness (QED) is 0.914. The van der Waals surface area contributed by atoms with E-state index in [1.54, 1.807) is 7.11 Å². The van der Waals surface area contributed by atoms with Gasteiger partial charge in [-0.2, -0.15) is 0 Å². The molecule has 0 spiro atoms. The highest BCUT2D eigenvalue weighted by molar-refractivity contribution is 7.85. The summed E-state index contributed by atoms with van der Waals surface area (Å²) in [5.41, 5.74) is 6.13. The van der Waals surface area contributed by atoms with E-state index in [-0.39, 0.29) is 11.3 Å². The average Bonchev–Trinajstić information content (AvgIpc) is 2.41. The number of nitrogens with two attached hydrogens (primary N) is 1. The van der Waals surface area contributed by atoms with Gasteiger partial charge in [0.2, 0.25) is 0 Å². The fourth-order valence-electron chi connectivity index (χ4n) is 2.50. The van der Waals surface area contributed by atoms with Crippen LogP contribution < -0.4 is 10.5 Å². The number of rotatable bonds is 3. The molecule has 1 fully saturated rings. The lowest BCUT2D eigenvalue weighted by Crippen LogP contribution is -2.42. The second kappa shape index (κ2) is 5.85. The molecule has 0 aromatic heterocycles. The lowest BCUT2D eigenvalue weighted by molar-refractivity contribution is 0.353. The van der Waals surface area contributed by atoms with Crippen molar-refractivity contribution < 1.29 is 8.95 Å². The summed E-state index contributed by atoms with van der Waals surface area (Å²) in [6.45, 7) is 2.21. The summed E-state index contributed by atoms with van der Waals surface area (Å²) < 4.78 is 17.8. The second-order valence-corrected chi connectivity index (χ2v) is 6.77. The van der Waals surface area contributed by atoms with Crippen LogP contribution in [0.3, 0.4) is 0 Å². The van der Waals surface area contributed by atoms with Crippen molar-refractivity contribution in [2.24, 2.45) is 11.7 Å². The van der Waals surface area contributed by atoms with Crippen LogP contribution in [-0.2, 0) is 10.8 Å². The van der Waals surface area contributed by atoms with E-state index in [0.29, 0.717) is 5.92 Å². The fourth-order valence-corrected chi connectivity index (χ4v) is 4.25. The Morgan fingerprint density at radius 2 is 2.17 bits per heavy atom. The topological polar surface area (TPSA) is 52.3 Å². The normalized spacial score (nSPS) is 29.8. The summed E-state index contributed by atoms with van der Waals surface area (Å²) in [6.07, 6.45) is 3.07. The van der Waals surface area contributed by atoms with Crippen molar-refractivity contribution in [1.82, 2.24) is 0 Å². The van der Waals surface area contributed by atoms with E-state index in [1.807, 2.05) is 24.3 Å². The number of benzene rings is 1. The largest absolute Gasteiger partial charge is 0.497 e. The van der Waals surface area contributed by atoms with Gasteiger partial charge in [0.1, 0.15) is 5.75 Å².